The van der Waals surface area contributed by atoms with E-state index < -0.39 is 0 Å². The number of hydrogen-bond donors (Lipinski definition) is 0. The molecule has 1 atom stereocenters. The second-order valence-corrected chi connectivity index (χ2v) is 8.81. The fraction of sp³-hybridized carbons (Fsp3) is 0.250. The molecule has 6 heteroatoms. The molecule has 1 heterocycles. The molecule has 4 rings (SSSR count). The van der Waals surface area contributed by atoms with E-state index in [0.29, 0.717) is 16.6 Å². The molecule has 0 aromatic heterocycles. The summed E-state index contributed by atoms with van der Waals surface area (Å²) in [5.74, 6) is -0.231. The van der Waals surface area contributed by atoms with E-state index in [-0.39, 0.29) is 12.0 Å². The molecule has 1 aliphatic heterocycles. The topological polar surface area (TPSA) is 6.48 Å². The van der Waals surface area contributed by atoms with E-state index in [4.69, 9.17) is 34.8 Å². The zero-order valence-electron chi connectivity index (χ0n) is 16.4. The third-order valence-electron chi connectivity index (χ3n) is 5.41. The molecule has 0 amide bonds. The van der Waals surface area contributed by atoms with Gasteiger partial charge in [-0.1, -0.05) is 65.1 Å². The molecular formula is C24H22Cl3FN2. The maximum absolute atomic E-state index is 13.4. The van der Waals surface area contributed by atoms with Crippen LogP contribution in [0.2, 0.25) is 15.1 Å². The molecule has 0 radical (unpaired) electrons. The highest BCUT2D eigenvalue weighted by molar-refractivity contribution is 6.36. The second-order valence-electron chi connectivity index (χ2n) is 7.56. The Morgan fingerprint density at radius 1 is 0.767 bits per heavy atom. The van der Waals surface area contributed by atoms with E-state index in [1.54, 1.807) is 0 Å². The van der Waals surface area contributed by atoms with Crippen LogP contribution in [0.1, 0.15) is 29.3 Å². The van der Waals surface area contributed by atoms with Crippen molar-refractivity contribution < 1.29 is 4.39 Å². The van der Waals surface area contributed by atoms with Crippen molar-refractivity contribution in [1.29, 1.82) is 0 Å². The second kappa shape index (κ2) is 9.67. The van der Waals surface area contributed by atoms with Crippen molar-refractivity contribution in [2.45, 2.75) is 25.7 Å². The van der Waals surface area contributed by atoms with Gasteiger partial charge < -0.3 is 0 Å². The lowest BCUT2D eigenvalue weighted by molar-refractivity contribution is -0.00897. The van der Waals surface area contributed by atoms with Crippen LogP contribution in [0.5, 0.6) is 0 Å². The SMILES string of the molecule is Fc1ccc(CN2CCCN(Cc3cccc(Cl)c3)[C@@H]2c2c(Cl)cccc2Cl)cc1. The van der Waals surface area contributed by atoms with Gasteiger partial charge in [0.15, 0.2) is 0 Å². The van der Waals surface area contributed by atoms with Crippen LogP contribution < -0.4 is 0 Å². The first-order valence-electron chi connectivity index (χ1n) is 9.92. The summed E-state index contributed by atoms with van der Waals surface area (Å²) in [5, 5.41) is 2.02. The van der Waals surface area contributed by atoms with Crippen molar-refractivity contribution in [3.05, 3.63) is 104 Å². The van der Waals surface area contributed by atoms with Gasteiger partial charge in [-0.3, -0.25) is 9.80 Å². The van der Waals surface area contributed by atoms with Crippen molar-refractivity contribution in [3.63, 3.8) is 0 Å². The molecule has 156 valence electrons. The summed E-state index contributed by atoms with van der Waals surface area (Å²) in [6, 6.07) is 20.2. The van der Waals surface area contributed by atoms with Crippen molar-refractivity contribution in [2.24, 2.45) is 0 Å². The third-order valence-corrected chi connectivity index (χ3v) is 6.31. The third kappa shape index (κ3) is 4.99. The van der Waals surface area contributed by atoms with E-state index in [1.165, 1.54) is 12.1 Å². The normalized spacial score (nSPS) is 17.9. The van der Waals surface area contributed by atoms with E-state index in [2.05, 4.69) is 15.9 Å². The molecule has 0 spiro atoms. The molecule has 0 N–H and O–H groups in total. The molecule has 2 nitrogen and oxygen atoms in total. The predicted molar refractivity (Wildman–Crippen MR) is 122 cm³/mol. The molecule has 0 aliphatic carbocycles. The molecule has 3 aromatic rings. The van der Waals surface area contributed by atoms with E-state index in [9.17, 15) is 4.39 Å². The fourth-order valence-corrected chi connectivity index (χ4v) is 4.91. The van der Waals surface area contributed by atoms with Crippen LogP contribution in [-0.4, -0.2) is 22.9 Å². The lowest BCUT2D eigenvalue weighted by Crippen LogP contribution is -2.47. The molecular weight excluding hydrogens is 442 g/mol. The van der Waals surface area contributed by atoms with Crippen LogP contribution in [0.3, 0.4) is 0 Å². The molecule has 0 unspecified atom stereocenters. The smallest absolute Gasteiger partial charge is 0.123 e. The van der Waals surface area contributed by atoms with E-state index >= 15 is 0 Å². The van der Waals surface area contributed by atoms with Crippen LogP contribution in [0.15, 0.2) is 66.7 Å². The molecule has 1 aliphatic rings. The fourth-order valence-electron chi connectivity index (χ4n) is 4.10. The quantitative estimate of drug-likeness (QED) is 0.395. The molecule has 3 aromatic carbocycles. The lowest BCUT2D eigenvalue weighted by Gasteiger charge is -2.45. The average Bonchev–Trinajstić information content (AvgIpc) is 2.71. The Bertz CT molecular complexity index is 989. The minimum atomic E-state index is -0.231. The first kappa shape index (κ1) is 21.6. The first-order chi connectivity index (χ1) is 14.5. The zero-order valence-corrected chi connectivity index (χ0v) is 18.6. The van der Waals surface area contributed by atoms with Crippen LogP contribution in [0.25, 0.3) is 0 Å². The van der Waals surface area contributed by atoms with Crippen molar-refractivity contribution >= 4 is 34.8 Å². The number of nitrogens with zero attached hydrogens (tertiary/aromatic N) is 2. The van der Waals surface area contributed by atoms with Gasteiger partial charge in [0.2, 0.25) is 0 Å². The Balaban J connectivity index is 1.70. The van der Waals surface area contributed by atoms with Crippen LogP contribution in [0.4, 0.5) is 4.39 Å². The van der Waals surface area contributed by atoms with Crippen molar-refractivity contribution in [1.82, 2.24) is 9.80 Å². The Kier molecular flexibility index (Phi) is 6.97. The van der Waals surface area contributed by atoms with Gasteiger partial charge in [-0.2, -0.15) is 0 Å². The Morgan fingerprint density at radius 3 is 2.00 bits per heavy atom. The van der Waals surface area contributed by atoms with Gasteiger partial charge in [0.25, 0.3) is 0 Å². The van der Waals surface area contributed by atoms with Gasteiger partial charge in [0.1, 0.15) is 5.82 Å². The highest BCUT2D eigenvalue weighted by Gasteiger charge is 2.33. The lowest BCUT2D eigenvalue weighted by atomic mass is 10.0. The molecule has 0 bridgehead atoms. The monoisotopic (exact) mass is 462 g/mol. The van der Waals surface area contributed by atoms with Gasteiger partial charge in [-0.25, -0.2) is 4.39 Å². The Hall–Kier alpha value is -1.62. The summed E-state index contributed by atoms with van der Waals surface area (Å²) in [6.07, 6.45) is 0.921. The van der Waals surface area contributed by atoms with Gasteiger partial charge in [-0.05, 0) is 53.9 Å². The van der Waals surface area contributed by atoms with Gasteiger partial charge in [-0.15, -0.1) is 0 Å². The standard InChI is InChI=1S/C24H22Cl3FN2/c25-19-5-1-4-18(14-19)16-30-13-3-12-29(15-17-8-10-20(28)11-9-17)24(30)23-21(26)6-2-7-22(23)27/h1-2,4-11,14,24H,3,12-13,15-16H2/t24-/m1/s1. The minimum absolute atomic E-state index is 0.0935. The minimum Gasteiger partial charge on any atom is -0.280 e. The number of benzene rings is 3. The molecule has 30 heavy (non-hydrogen) atoms. The summed E-state index contributed by atoms with van der Waals surface area (Å²) >= 11 is 19.5. The van der Waals surface area contributed by atoms with E-state index in [0.717, 1.165) is 47.8 Å². The van der Waals surface area contributed by atoms with Crippen molar-refractivity contribution in [3.8, 4) is 0 Å². The van der Waals surface area contributed by atoms with Crippen LogP contribution >= 0.6 is 34.8 Å². The summed E-state index contributed by atoms with van der Waals surface area (Å²) in [6.45, 7) is 3.22. The van der Waals surface area contributed by atoms with Crippen molar-refractivity contribution in [2.75, 3.05) is 13.1 Å². The average molecular weight is 464 g/mol. The summed E-state index contributed by atoms with van der Waals surface area (Å²) in [5.41, 5.74) is 3.10. The Labute approximate surface area is 191 Å². The van der Waals surface area contributed by atoms with Crippen LogP contribution in [-0.2, 0) is 13.1 Å². The predicted octanol–water partition coefficient (Wildman–Crippen LogP) is 7.19. The maximum Gasteiger partial charge on any atom is 0.123 e. The molecule has 1 saturated heterocycles. The van der Waals surface area contributed by atoms with E-state index in [1.807, 2.05) is 48.5 Å². The van der Waals surface area contributed by atoms with Gasteiger partial charge in [0.05, 0.1) is 6.17 Å². The summed E-state index contributed by atoms with van der Waals surface area (Å²) in [7, 11) is 0. The highest BCUT2D eigenvalue weighted by Crippen LogP contribution is 2.39. The largest absolute Gasteiger partial charge is 0.280 e. The summed E-state index contributed by atoms with van der Waals surface area (Å²) < 4.78 is 13.4. The maximum atomic E-state index is 13.4. The summed E-state index contributed by atoms with van der Waals surface area (Å²) in [4.78, 5) is 4.74. The highest BCUT2D eigenvalue weighted by atomic mass is 35.5. The number of halogens is 4. The Morgan fingerprint density at radius 2 is 1.37 bits per heavy atom. The van der Waals surface area contributed by atoms with Gasteiger partial charge >= 0.3 is 0 Å². The first-order valence-corrected chi connectivity index (χ1v) is 11.1. The molecule has 1 fully saturated rings. The van der Waals surface area contributed by atoms with Crippen LogP contribution in [0, 0.1) is 5.82 Å². The van der Waals surface area contributed by atoms with Gasteiger partial charge in [0, 0.05) is 46.8 Å². The number of rotatable bonds is 5. The zero-order chi connectivity index (χ0) is 21.1. The molecule has 0 saturated carbocycles. The number of hydrogen-bond acceptors (Lipinski definition) is 2.